The van der Waals surface area contributed by atoms with Gasteiger partial charge in [0, 0.05) is 12.6 Å². The standard InChI is InChI=1S/C19H26N2O3/c1-4-22-17-9-8-15(12-19(17)23-5-2)13-21-10-6-7-16(21)18-11-14(3)20-24-18/h8-9,11-12,16H,4-7,10,13H2,1-3H3/t16-/m0/s1. The number of nitrogens with zero attached hydrogens (tertiary/aromatic N) is 2. The van der Waals surface area contributed by atoms with E-state index in [2.05, 4.69) is 22.2 Å². The Morgan fingerprint density at radius 1 is 1.17 bits per heavy atom. The summed E-state index contributed by atoms with van der Waals surface area (Å²) in [6.07, 6.45) is 2.30. The predicted molar refractivity (Wildman–Crippen MR) is 92.4 cm³/mol. The number of hydrogen-bond donors (Lipinski definition) is 0. The molecular weight excluding hydrogens is 304 g/mol. The summed E-state index contributed by atoms with van der Waals surface area (Å²) in [7, 11) is 0. The second kappa shape index (κ2) is 7.71. The first-order valence-corrected chi connectivity index (χ1v) is 8.77. The Morgan fingerprint density at radius 3 is 2.67 bits per heavy atom. The maximum Gasteiger partial charge on any atom is 0.161 e. The van der Waals surface area contributed by atoms with Crippen molar-refractivity contribution in [3.05, 3.63) is 41.3 Å². The number of rotatable bonds is 7. The van der Waals surface area contributed by atoms with Crippen molar-refractivity contribution in [2.45, 2.75) is 46.2 Å². The van der Waals surface area contributed by atoms with E-state index in [0.29, 0.717) is 19.3 Å². The van der Waals surface area contributed by atoms with Gasteiger partial charge < -0.3 is 14.0 Å². The number of benzene rings is 1. The van der Waals surface area contributed by atoms with Crippen LogP contribution >= 0.6 is 0 Å². The lowest BCUT2D eigenvalue weighted by atomic mass is 10.1. The molecule has 5 nitrogen and oxygen atoms in total. The van der Waals surface area contributed by atoms with Gasteiger partial charge in [-0.05, 0) is 57.9 Å². The number of aryl methyl sites for hydroxylation is 1. The van der Waals surface area contributed by atoms with Gasteiger partial charge in [0.05, 0.1) is 24.9 Å². The van der Waals surface area contributed by atoms with E-state index in [4.69, 9.17) is 14.0 Å². The third kappa shape index (κ3) is 3.73. The molecule has 0 aliphatic carbocycles. The van der Waals surface area contributed by atoms with Crippen LogP contribution in [0.3, 0.4) is 0 Å². The van der Waals surface area contributed by atoms with E-state index in [1.807, 2.05) is 32.9 Å². The van der Waals surface area contributed by atoms with Crippen LogP contribution in [-0.4, -0.2) is 29.8 Å². The van der Waals surface area contributed by atoms with Crippen molar-refractivity contribution in [3.63, 3.8) is 0 Å². The van der Waals surface area contributed by atoms with Crippen molar-refractivity contribution in [1.29, 1.82) is 0 Å². The zero-order chi connectivity index (χ0) is 16.9. The van der Waals surface area contributed by atoms with Crippen molar-refractivity contribution >= 4 is 0 Å². The van der Waals surface area contributed by atoms with E-state index in [1.165, 1.54) is 12.0 Å². The quantitative estimate of drug-likeness (QED) is 0.764. The molecule has 0 amide bonds. The fourth-order valence-corrected chi connectivity index (χ4v) is 3.31. The first-order valence-electron chi connectivity index (χ1n) is 8.77. The van der Waals surface area contributed by atoms with Gasteiger partial charge in [-0.15, -0.1) is 0 Å². The van der Waals surface area contributed by atoms with E-state index in [9.17, 15) is 0 Å². The van der Waals surface area contributed by atoms with Crippen molar-refractivity contribution in [2.75, 3.05) is 19.8 Å². The highest BCUT2D eigenvalue weighted by molar-refractivity contribution is 5.43. The molecule has 1 aromatic heterocycles. The minimum Gasteiger partial charge on any atom is -0.490 e. The Kier molecular flexibility index (Phi) is 5.41. The number of ether oxygens (including phenoxy) is 2. The van der Waals surface area contributed by atoms with Gasteiger partial charge in [-0.3, -0.25) is 4.90 Å². The summed E-state index contributed by atoms with van der Waals surface area (Å²) in [5.74, 6) is 2.61. The molecule has 1 aliphatic rings. The minimum atomic E-state index is 0.313. The van der Waals surface area contributed by atoms with Crippen molar-refractivity contribution in [1.82, 2.24) is 10.1 Å². The smallest absolute Gasteiger partial charge is 0.161 e. The molecule has 0 unspecified atom stereocenters. The molecule has 1 saturated heterocycles. The van der Waals surface area contributed by atoms with E-state index in [0.717, 1.165) is 42.5 Å². The maximum atomic E-state index is 5.74. The molecule has 5 heteroatoms. The normalized spacial score (nSPS) is 18.0. The van der Waals surface area contributed by atoms with Gasteiger partial charge >= 0.3 is 0 Å². The molecule has 130 valence electrons. The predicted octanol–water partition coefficient (Wildman–Crippen LogP) is 4.12. The molecular formula is C19H26N2O3. The van der Waals surface area contributed by atoms with Crippen LogP contribution in [0.15, 0.2) is 28.8 Å². The lowest BCUT2D eigenvalue weighted by Gasteiger charge is -2.23. The van der Waals surface area contributed by atoms with E-state index < -0.39 is 0 Å². The van der Waals surface area contributed by atoms with Crippen LogP contribution in [0.2, 0.25) is 0 Å². The van der Waals surface area contributed by atoms with Gasteiger partial charge in [0.2, 0.25) is 0 Å². The summed E-state index contributed by atoms with van der Waals surface area (Å²) < 4.78 is 16.9. The lowest BCUT2D eigenvalue weighted by Crippen LogP contribution is -2.22. The zero-order valence-electron chi connectivity index (χ0n) is 14.7. The molecule has 0 bridgehead atoms. The van der Waals surface area contributed by atoms with Crippen LogP contribution in [0.4, 0.5) is 0 Å². The third-order valence-electron chi connectivity index (χ3n) is 4.33. The summed E-state index contributed by atoms with van der Waals surface area (Å²) in [5.41, 5.74) is 2.17. The highest BCUT2D eigenvalue weighted by atomic mass is 16.5. The highest BCUT2D eigenvalue weighted by Crippen LogP contribution is 2.35. The van der Waals surface area contributed by atoms with Gasteiger partial charge in [-0.2, -0.15) is 0 Å². The van der Waals surface area contributed by atoms with Crippen molar-refractivity contribution in [2.24, 2.45) is 0 Å². The van der Waals surface area contributed by atoms with Crippen LogP contribution in [0.1, 0.15) is 49.7 Å². The largest absolute Gasteiger partial charge is 0.490 e. The monoisotopic (exact) mass is 330 g/mol. The van der Waals surface area contributed by atoms with Crippen molar-refractivity contribution < 1.29 is 14.0 Å². The molecule has 1 fully saturated rings. The summed E-state index contributed by atoms with van der Waals surface area (Å²) in [6.45, 7) is 9.15. The molecule has 24 heavy (non-hydrogen) atoms. The highest BCUT2D eigenvalue weighted by Gasteiger charge is 2.29. The molecule has 1 aromatic carbocycles. The Morgan fingerprint density at radius 2 is 1.96 bits per heavy atom. The molecule has 0 saturated carbocycles. The van der Waals surface area contributed by atoms with E-state index in [1.54, 1.807) is 0 Å². The van der Waals surface area contributed by atoms with Gasteiger partial charge in [0.1, 0.15) is 0 Å². The van der Waals surface area contributed by atoms with Crippen LogP contribution in [0.5, 0.6) is 11.5 Å². The SMILES string of the molecule is CCOc1ccc(CN2CCC[C@H]2c2cc(C)no2)cc1OCC. The third-order valence-corrected chi connectivity index (χ3v) is 4.33. The van der Waals surface area contributed by atoms with Crippen LogP contribution in [0.25, 0.3) is 0 Å². The Bertz CT molecular complexity index is 668. The van der Waals surface area contributed by atoms with E-state index >= 15 is 0 Å². The van der Waals surface area contributed by atoms with Crippen LogP contribution < -0.4 is 9.47 Å². The molecule has 1 aliphatic heterocycles. The Labute approximate surface area is 143 Å². The van der Waals surface area contributed by atoms with E-state index in [-0.39, 0.29) is 0 Å². The zero-order valence-corrected chi connectivity index (χ0v) is 14.7. The minimum absolute atomic E-state index is 0.313. The molecule has 0 N–H and O–H groups in total. The molecule has 1 atom stereocenters. The summed E-state index contributed by atoms with van der Waals surface area (Å²) in [4.78, 5) is 2.45. The molecule has 3 rings (SSSR count). The van der Waals surface area contributed by atoms with Gasteiger partial charge in [-0.1, -0.05) is 11.2 Å². The second-order valence-electron chi connectivity index (χ2n) is 6.15. The average molecular weight is 330 g/mol. The Balaban J connectivity index is 1.75. The second-order valence-corrected chi connectivity index (χ2v) is 6.15. The van der Waals surface area contributed by atoms with Gasteiger partial charge in [-0.25, -0.2) is 0 Å². The van der Waals surface area contributed by atoms with Crippen molar-refractivity contribution in [3.8, 4) is 11.5 Å². The molecule has 2 aromatic rings. The Hall–Kier alpha value is -2.01. The maximum absolute atomic E-state index is 5.74. The number of likely N-dealkylation sites (tertiary alicyclic amines) is 1. The van der Waals surface area contributed by atoms with Crippen LogP contribution in [-0.2, 0) is 6.54 Å². The van der Waals surface area contributed by atoms with Gasteiger partial charge in [0.25, 0.3) is 0 Å². The summed E-state index contributed by atoms with van der Waals surface area (Å²) >= 11 is 0. The number of aromatic nitrogens is 1. The lowest BCUT2D eigenvalue weighted by molar-refractivity contribution is 0.206. The molecule has 2 heterocycles. The fourth-order valence-electron chi connectivity index (χ4n) is 3.31. The first-order chi connectivity index (χ1) is 11.7. The summed E-state index contributed by atoms with van der Waals surface area (Å²) in [6, 6.07) is 8.58. The molecule has 0 spiro atoms. The first kappa shape index (κ1) is 16.8. The average Bonchev–Trinajstić information content (AvgIpc) is 3.19. The molecule has 0 radical (unpaired) electrons. The number of hydrogen-bond acceptors (Lipinski definition) is 5. The fraction of sp³-hybridized carbons (Fsp3) is 0.526. The summed E-state index contributed by atoms with van der Waals surface area (Å²) in [5, 5.41) is 4.04. The van der Waals surface area contributed by atoms with Crippen LogP contribution in [0, 0.1) is 6.92 Å². The topological polar surface area (TPSA) is 47.7 Å². The van der Waals surface area contributed by atoms with Gasteiger partial charge in [0.15, 0.2) is 17.3 Å².